The summed E-state index contributed by atoms with van der Waals surface area (Å²) in [6, 6.07) is -1.21. The average molecular weight is 1060 g/mol. The molecule has 4 aliphatic heterocycles. The van der Waals surface area contributed by atoms with Gasteiger partial charge in [0, 0.05) is 51.4 Å². The Morgan fingerprint density at radius 3 is 2.21 bits per heavy atom. The van der Waals surface area contributed by atoms with Crippen LogP contribution in [0, 0.1) is 40.9 Å². The molecule has 0 aromatic carbocycles. The minimum atomic E-state index is -2.47. The van der Waals surface area contributed by atoms with Crippen molar-refractivity contribution in [1.82, 2.24) is 4.90 Å². The predicted octanol–water partition coefficient (Wildman–Crippen LogP) is 6.87. The predicted molar refractivity (Wildman–Crippen MR) is 278 cm³/mol. The lowest BCUT2D eigenvalue weighted by Crippen LogP contribution is -2.61. The molecule has 1 saturated carbocycles. The van der Waals surface area contributed by atoms with Crippen LogP contribution >= 0.6 is 0 Å². The highest BCUT2D eigenvalue weighted by Crippen LogP contribution is 2.39. The molecule has 0 radical (unpaired) electrons. The standard InChI is InChI=1S/C58H89NO16/c1-34-18-14-13-15-19-35(2)47(69-11)30-42-23-21-40(7)58(68,75-42)52(64)53(65)59-25-17-16-20-43(59)54(66)73-48(31-44(60)36(3)27-39(6)50(63)51(70-12)49(62)38(5)26-34)37(4)28-41-22-24-46(45(61)29-41)74-55(67)57(10)32-71-56(8,9)72-33-57/h13-15,18-19,27,34,37-43,45-48,50-51,61,63,68H,16-17,20-26,28-33H2,1-12H3/t34-,37-,38-,39?,40-,41+,42+,43+,45-,46-,47+,48+,50-,51+,58-/m1/s1. The number of allylic oxidation sites excluding steroid dienone is 6. The third-order valence-corrected chi connectivity index (χ3v) is 16.4. The van der Waals surface area contributed by atoms with Crippen molar-refractivity contribution in [2.24, 2.45) is 40.9 Å². The Labute approximate surface area is 445 Å². The Balaban J connectivity index is 1.42. The number of nitrogens with zero attached hydrogens (tertiary/aromatic N) is 1. The van der Waals surface area contributed by atoms with Gasteiger partial charge in [-0.1, -0.05) is 71.1 Å². The summed E-state index contributed by atoms with van der Waals surface area (Å²) in [7, 11) is 2.94. The molecule has 3 N–H and O–H groups in total. The Bertz CT molecular complexity index is 2120. The van der Waals surface area contributed by atoms with E-state index < -0.39 is 113 Å². The molecule has 1 unspecified atom stereocenters. The number of ketones is 3. The minimum absolute atomic E-state index is 0.00269. The molecule has 15 atom stereocenters. The van der Waals surface area contributed by atoms with Crippen LogP contribution in [0.3, 0.4) is 0 Å². The van der Waals surface area contributed by atoms with Crippen LogP contribution in [0.25, 0.3) is 0 Å². The molecule has 1 aliphatic carbocycles. The number of carbonyl (C=O) groups excluding carboxylic acids is 6. The first-order valence-electron chi connectivity index (χ1n) is 27.4. The Hall–Kier alpha value is -3.94. The summed E-state index contributed by atoms with van der Waals surface area (Å²) >= 11 is 0. The van der Waals surface area contributed by atoms with Crippen molar-refractivity contribution >= 4 is 35.2 Å². The summed E-state index contributed by atoms with van der Waals surface area (Å²) in [4.78, 5) is 85.8. The first kappa shape index (κ1) is 61.9. The normalized spacial score (nSPS) is 36.9. The molecule has 3 saturated heterocycles. The number of amides is 1. The van der Waals surface area contributed by atoms with Crippen molar-refractivity contribution in [1.29, 1.82) is 0 Å². The van der Waals surface area contributed by atoms with E-state index in [1.54, 1.807) is 61.7 Å². The molecule has 2 bridgehead atoms. The van der Waals surface area contributed by atoms with E-state index in [-0.39, 0.29) is 68.0 Å². The topological polar surface area (TPSA) is 231 Å². The summed E-state index contributed by atoms with van der Waals surface area (Å²) in [5, 5.41) is 34.9. The molecule has 422 valence electrons. The van der Waals surface area contributed by atoms with Gasteiger partial charge in [-0.15, -0.1) is 0 Å². The second-order valence-corrected chi connectivity index (χ2v) is 23.3. The molecule has 0 aromatic heterocycles. The molecule has 5 rings (SSSR count). The van der Waals surface area contributed by atoms with E-state index in [1.165, 1.54) is 7.11 Å². The van der Waals surface area contributed by atoms with E-state index in [0.29, 0.717) is 57.8 Å². The molecule has 4 fully saturated rings. The van der Waals surface area contributed by atoms with E-state index >= 15 is 0 Å². The number of esters is 2. The van der Waals surface area contributed by atoms with Crippen molar-refractivity contribution < 1.29 is 77.2 Å². The van der Waals surface area contributed by atoms with Crippen LogP contribution in [0.4, 0.5) is 0 Å². The lowest BCUT2D eigenvalue weighted by atomic mass is 9.78. The van der Waals surface area contributed by atoms with Crippen molar-refractivity contribution in [2.45, 2.75) is 207 Å². The average Bonchev–Trinajstić information content (AvgIpc) is 3.37. The number of piperidine rings is 1. The first-order valence-corrected chi connectivity index (χ1v) is 27.4. The van der Waals surface area contributed by atoms with Crippen molar-refractivity contribution in [3.05, 3.63) is 47.6 Å². The van der Waals surface area contributed by atoms with E-state index in [1.807, 2.05) is 51.2 Å². The summed E-state index contributed by atoms with van der Waals surface area (Å²) < 4.78 is 41.3. The molecule has 1 amide bonds. The van der Waals surface area contributed by atoms with Gasteiger partial charge >= 0.3 is 11.9 Å². The van der Waals surface area contributed by atoms with Crippen LogP contribution in [-0.2, 0) is 61.9 Å². The Kier molecular flexibility index (Phi) is 22.4. The fourth-order valence-corrected chi connectivity index (χ4v) is 11.2. The van der Waals surface area contributed by atoms with Crippen molar-refractivity contribution in [3.63, 3.8) is 0 Å². The number of carbonyl (C=O) groups is 6. The highest BCUT2D eigenvalue weighted by Gasteiger charge is 2.53. The number of methoxy groups -OCH3 is 2. The number of aliphatic hydroxyl groups excluding tert-OH is 2. The highest BCUT2D eigenvalue weighted by molar-refractivity contribution is 6.39. The number of fused-ring (bicyclic) bond motifs is 3. The number of cyclic esters (lactones) is 1. The highest BCUT2D eigenvalue weighted by atomic mass is 16.7. The molecule has 0 spiro atoms. The molecule has 17 heteroatoms. The smallest absolute Gasteiger partial charge is 0.329 e. The zero-order valence-electron chi connectivity index (χ0n) is 46.7. The number of hydrogen-bond donors (Lipinski definition) is 3. The zero-order chi connectivity index (χ0) is 55.6. The second kappa shape index (κ2) is 27.1. The van der Waals surface area contributed by atoms with Gasteiger partial charge in [0.2, 0.25) is 5.79 Å². The van der Waals surface area contributed by atoms with Crippen molar-refractivity contribution in [2.75, 3.05) is 34.0 Å². The first-order chi connectivity index (χ1) is 35.2. The lowest BCUT2D eigenvalue weighted by molar-refractivity contribution is -0.283. The van der Waals surface area contributed by atoms with Gasteiger partial charge < -0.3 is 53.4 Å². The monoisotopic (exact) mass is 1060 g/mol. The summed E-state index contributed by atoms with van der Waals surface area (Å²) in [6.45, 7) is 18.0. The van der Waals surface area contributed by atoms with Crippen LogP contribution in [0.15, 0.2) is 47.6 Å². The van der Waals surface area contributed by atoms with Gasteiger partial charge in [-0.25, -0.2) is 4.79 Å². The van der Waals surface area contributed by atoms with Crippen LogP contribution < -0.4 is 0 Å². The fraction of sp³-hybridized carbons (Fsp3) is 0.759. The quantitative estimate of drug-likeness (QED) is 0.175. The van der Waals surface area contributed by atoms with E-state index in [2.05, 4.69) is 0 Å². The molecule has 0 aromatic rings. The van der Waals surface area contributed by atoms with E-state index in [0.717, 1.165) is 10.5 Å². The van der Waals surface area contributed by atoms with Crippen LogP contribution in [0.1, 0.15) is 146 Å². The summed E-state index contributed by atoms with van der Waals surface area (Å²) in [5.41, 5.74) is 0.0804. The largest absolute Gasteiger partial charge is 0.460 e. The number of ether oxygens (including phenoxy) is 7. The maximum atomic E-state index is 14.6. The second-order valence-electron chi connectivity index (χ2n) is 23.3. The van der Waals surface area contributed by atoms with Gasteiger partial charge in [0.1, 0.15) is 29.8 Å². The number of aliphatic hydroxyl groups is 3. The van der Waals surface area contributed by atoms with E-state index in [9.17, 15) is 44.1 Å². The molecule has 4 heterocycles. The minimum Gasteiger partial charge on any atom is -0.460 e. The Morgan fingerprint density at radius 2 is 1.56 bits per heavy atom. The molecule has 17 nitrogen and oxygen atoms in total. The lowest BCUT2D eigenvalue weighted by Gasteiger charge is -2.42. The van der Waals surface area contributed by atoms with Gasteiger partial charge in [0.25, 0.3) is 11.7 Å². The zero-order valence-corrected chi connectivity index (χ0v) is 46.7. The van der Waals surface area contributed by atoms with Gasteiger partial charge in [0.15, 0.2) is 17.4 Å². The van der Waals surface area contributed by atoms with E-state index in [4.69, 9.17) is 33.2 Å². The van der Waals surface area contributed by atoms with Gasteiger partial charge in [-0.05, 0) is 128 Å². The van der Waals surface area contributed by atoms with Gasteiger partial charge in [-0.2, -0.15) is 0 Å². The third kappa shape index (κ3) is 16.1. The van der Waals surface area contributed by atoms with Gasteiger partial charge in [-0.3, -0.25) is 24.0 Å². The number of Topliss-reactive ketones (excluding diaryl/α,β-unsaturated/α-hetero) is 3. The fourth-order valence-electron chi connectivity index (χ4n) is 11.2. The maximum Gasteiger partial charge on any atom is 0.329 e. The summed E-state index contributed by atoms with van der Waals surface area (Å²) in [5.74, 6) is -10.0. The molecule has 75 heavy (non-hydrogen) atoms. The van der Waals surface area contributed by atoms with Crippen LogP contribution in [0.5, 0.6) is 0 Å². The third-order valence-electron chi connectivity index (χ3n) is 16.4. The molecule has 5 aliphatic rings. The maximum absolute atomic E-state index is 14.6. The van der Waals surface area contributed by atoms with Gasteiger partial charge in [0.05, 0.1) is 37.6 Å². The summed E-state index contributed by atoms with van der Waals surface area (Å²) in [6.07, 6.45) is 8.96. The van der Waals surface area contributed by atoms with Crippen molar-refractivity contribution in [3.8, 4) is 0 Å². The Morgan fingerprint density at radius 1 is 0.867 bits per heavy atom. The molecular formula is C58H89NO16. The number of rotatable bonds is 7. The van der Waals surface area contributed by atoms with Crippen LogP contribution in [0.2, 0.25) is 0 Å². The number of hydrogen-bond acceptors (Lipinski definition) is 16. The van der Waals surface area contributed by atoms with Crippen LogP contribution in [-0.4, -0.2) is 150 Å². The molecular weight excluding hydrogens is 967 g/mol. The SMILES string of the molecule is CO[C@H]1C[C@@H]2CC[C@@H](C)[C@@](O)(O2)C(=O)C(=O)N2CCCC[C@H]2C(=O)O[C@H]([C@H](C)C[C@@H]2CC[C@@H](OC(=O)C3(C)COC(C)(C)OC3)[C@H](O)C2)CC(=O)C(C)=CC(C)[C@@H](O)[C@@H](OC)C(=O)[C@H](C)C[C@H](C)C=CC=CC=C1C.